The molecule has 2 rings (SSSR count). The van der Waals surface area contributed by atoms with Crippen LogP contribution in [-0.4, -0.2) is 27.0 Å². The van der Waals surface area contributed by atoms with E-state index in [0.29, 0.717) is 15.9 Å². The number of nitrogens with one attached hydrogen (secondary N) is 2. The molecule has 0 radical (unpaired) electrons. The van der Waals surface area contributed by atoms with Crippen molar-refractivity contribution in [2.75, 3.05) is 5.32 Å². The number of aromatic nitrogens is 2. The highest BCUT2D eigenvalue weighted by Crippen LogP contribution is 2.20. The minimum atomic E-state index is -1.09. The molecule has 6 nitrogen and oxygen atoms in total. The van der Waals surface area contributed by atoms with Gasteiger partial charge in [0, 0.05) is 18.1 Å². The van der Waals surface area contributed by atoms with E-state index in [9.17, 15) is 9.59 Å². The molecule has 0 aromatic carbocycles. The summed E-state index contributed by atoms with van der Waals surface area (Å²) in [6.07, 6.45) is 2.85. The first kappa shape index (κ1) is 13.3. The van der Waals surface area contributed by atoms with Crippen molar-refractivity contribution in [1.29, 1.82) is 0 Å². The first-order chi connectivity index (χ1) is 8.99. The number of aromatic amines is 1. The Morgan fingerprint density at radius 1 is 1.42 bits per heavy atom. The van der Waals surface area contributed by atoms with Gasteiger partial charge >= 0.3 is 5.97 Å². The summed E-state index contributed by atoms with van der Waals surface area (Å²) >= 11 is 3.17. The van der Waals surface area contributed by atoms with E-state index in [4.69, 9.17) is 5.11 Å². The summed E-state index contributed by atoms with van der Waals surface area (Å²) in [5.74, 6) is -1.51. The smallest absolute Gasteiger partial charge is 0.339 e. The second-order valence-electron chi connectivity index (χ2n) is 3.83. The summed E-state index contributed by atoms with van der Waals surface area (Å²) in [6.45, 7) is 1.63. The Balaban J connectivity index is 2.24. The second kappa shape index (κ2) is 5.23. The Kier molecular flexibility index (Phi) is 3.66. The van der Waals surface area contributed by atoms with Crippen LogP contribution in [0.3, 0.4) is 0 Å². The fraction of sp³-hybridized carbons (Fsp3) is 0.0833. The monoisotopic (exact) mass is 323 g/mol. The molecule has 3 N–H and O–H groups in total. The first-order valence-corrected chi connectivity index (χ1v) is 6.12. The number of hydrogen-bond acceptors (Lipinski definition) is 3. The van der Waals surface area contributed by atoms with Gasteiger partial charge in [-0.2, -0.15) is 0 Å². The standard InChI is InChI=1S/C12H10BrN3O3/c1-6-10(12(18)19)8(5-14-6)16-11(17)7-2-3-9(13)15-4-7/h2-5,14H,1H3,(H,16,17)(H,18,19). The number of pyridine rings is 1. The molecule has 0 atom stereocenters. The third-order valence-corrected chi connectivity index (χ3v) is 3.00. The van der Waals surface area contributed by atoms with Crippen LogP contribution in [0.1, 0.15) is 26.4 Å². The summed E-state index contributed by atoms with van der Waals surface area (Å²) in [6, 6.07) is 3.22. The Hall–Kier alpha value is -2.15. The van der Waals surface area contributed by atoms with Crippen molar-refractivity contribution in [3.63, 3.8) is 0 Å². The van der Waals surface area contributed by atoms with E-state index in [-0.39, 0.29) is 11.3 Å². The minimum absolute atomic E-state index is 0.0541. The number of aryl methyl sites for hydroxylation is 1. The molecule has 0 aliphatic rings. The van der Waals surface area contributed by atoms with Crippen molar-refractivity contribution in [1.82, 2.24) is 9.97 Å². The number of anilines is 1. The Labute approximate surface area is 117 Å². The summed E-state index contributed by atoms with van der Waals surface area (Å²) in [4.78, 5) is 29.7. The van der Waals surface area contributed by atoms with Crippen molar-refractivity contribution < 1.29 is 14.7 Å². The molecule has 0 fully saturated rings. The third kappa shape index (κ3) is 2.82. The summed E-state index contributed by atoms with van der Waals surface area (Å²) in [5, 5.41) is 11.6. The molecule has 0 bridgehead atoms. The van der Waals surface area contributed by atoms with Gasteiger partial charge in [0.25, 0.3) is 5.91 Å². The van der Waals surface area contributed by atoms with Gasteiger partial charge in [-0.3, -0.25) is 4.79 Å². The maximum absolute atomic E-state index is 11.9. The SMILES string of the molecule is Cc1[nH]cc(NC(=O)c2ccc(Br)nc2)c1C(=O)O. The van der Waals surface area contributed by atoms with Crippen LogP contribution < -0.4 is 5.32 Å². The Morgan fingerprint density at radius 2 is 2.16 bits per heavy atom. The number of carboxylic acid groups (broad SMARTS) is 1. The molecule has 1 amide bonds. The molecular weight excluding hydrogens is 314 g/mol. The number of H-pyrrole nitrogens is 1. The predicted octanol–water partition coefficient (Wildman–Crippen LogP) is 2.43. The molecule has 0 unspecified atom stereocenters. The zero-order chi connectivity index (χ0) is 14.0. The Morgan fingerprint density at radius 3 is 2.74 bits per heavy atom. The molecule has 0 spiro atoms. The molecule has 0 saturated carbocycles. The average Bonchev–Trinajstić information content (AvgIpc) is 2.71. The van der Waals surface area contributed by atoms with Gasteiger partial charge in [0.05, 0.1) is 11.3 Å². The summed E-state index contributed by atoms with van der Waals surface area (Å²) in [5.41, 5.74) is 1.12. The van der Waals surface area contributed by atoms with E-state index < -0.39 is 11.9 Å². The van der Waals surface area contributed by atoms with Crippen LogP contribution in [0.25, 0.3) is 0 Å². The zero-order valence-corrected chi connectivity index (χ0v) is 11.5. The number of carbonyl (C=O) groups is 2. The highest BCUT2D eigenvalue weighted by Gasteiger charge is 2.17. The highest BCUT2D eigenvalue weighted by molar-refractivity contribution is 9.10. The molecule has 2 aromatic rings. The maximum atomic E-state index is 11.9. The molecule has 7 heteroatoms. The number of rotatable bonds is 3. The molecule has 19 heavy (non-hydrogen) atoms. The lowest BCUT2D eigenvalue weighted by atomic mass is 10.2. The number of aromatic carboxylic acids is 1. The lowest BCUT2D eigenvalue weighted by Gasteiger charge is -2.04. The molecule has 2 heterocycles. The van der Waals surface area contributed by atoms with Crippen LogP contribution in [0.2, 0.25) is 0 Å². The number of halogens is 1. The maximum Gasteiger partial charge on any atom is 0.339 e. The van der Waals surface area contributed by atoms with Crippen LogP contribution in [0.15, 0.2) is 29.1 Å². The summed E-state index contributed by atoms with van der Waals surface area (Å²) in [7, 11) is 0. The second-order valence-corrected chi connectivity index (χ2v) is 4.64. The summed E-state index contributed by atoms with van der Waals surface area (Å²) < 4.78 is 0.618. The van der Waals surface area contributed by atoms with Crippen LogP contribution in [0.5, 0.6) is 0 Å². The number of carboxylic acids is 1. The van der Waals surface area contributed by atoms with E-state index >= 15 is 0 Å². The van der Waals surface area contributed by atoms with Gasteiger partial charge in [0.1, 0.15) is 10.2 Å². The molecular formula is C12H10BrN3O3. The molecule has 2 aromatic heterocycles. The molecule has 0 aliphatic carbocycles. The van der Waals surface area contributed by atoms with Crippen molar-refractivity contribution in [2.24, 2.45) is 0 Å². The topological polar surface area (TPSA) is 95.1 Å². The van der Waals surface area contributed by atoms with Gasteiger partial charge in [-0.05, 0) is 35.0 Å². The van der Waals surface area contributed by atoms with Crippen molar-refractivity contribution >= 4 is 33.5 Å². The van der Waals surface area contributed by atoms with Gasteiger partial charge in [-0.1, -0.05) is 0 Å². The molecule has 98 valence electrons. The fourth-order valence-electron chi connectivity index (χ4n) is 1.61. The van der Waals surface area contributed by atoms with E-state index in [2.05, 4.69) is 31.2 Å². The quantitative estimate of drug-likeness (QED) is 0.756. The minimum Gasteiger partial charge on any atom is -0.478 e. The van der Waals surface area contributed by atoms with Gasteiger partial charge in [-0.25, -0.2) is 9.78 Å². The lowest BCUT2D eigenvalue weighted by Crippen LogP contribution is -2.14. The first-order valence-electron chi connectivity index (χ1n) is 5.33. The van der Waals surface area contributed by atoms with Gasteiger partial charge < -0.3 is 15.4 Å². The number of hydrogen-bond donors (Lipinski definition) is 3. The van der Waals surface area contributed by atoms with E-state index in [1.54, 1.807) is 19.1 Å². The van der Waals surface area contributed by atoms with Gasteiger partial charge in [0.2, 0.25) is 0 Å². The number of nitrogens with zero attached hydrogens (tertiary/aromatic N) is 1. The fourth-order valence-corrected chi connectivity index (χ4v) is 1.84. The van der Waals surface area contributed by atoms with E-state index in [0.717, 1.165) is 0 Å². The van der Waals surface area contributed by atoms with E-state index in [1.807, 2.05) is 0 Å². The Bertz CT molecular complexity index is 634. The van der Waals surface area contributed by atoms with Crippen LogP contribution >= 0.6 is 15.9 Å². The average molecular weight is 324 g/mol. The van der Waals surface area contributed by atoms with Crippen molar-refractivity contribution in [3.8, 4) is 0 Å². The largest absolute Gasteiger partial charge is 0.478 e. The molecule has 0 aliphatic heterocycles. The number of amides is 1. The van der Waals surface area contributed by atoms with Crippen LogP contribution in [0, 0.1) is 6.92 Å². The van der Waals surface area contributed by atoms with E-state index in [1.165, 1.54) is 12.4 Å². The van der Waals surface area contributed by atoms with Gasteiger partial charge in [0.15, 0.2) is 0 Å². The lowest BCUT2D eigenvalue weighted by molar-refractivity contribution is 0.0697. The number of carbonyl (C=O) groups excluding carboxylic acids is 1. The van der Waals surface area contributed by atoms with Crippen LogP contribution in [-0.2, 0) is 0 Å². The van der Waals surface area contributed by atoms with Crippen molar-refractivity contribution in [3.05, 3.63) is 46.0 Å². The molecule has 0 saturated heterocycles. The van der Waals surface area contributed by atoms with Crippen molar-refractivity contribution in [2.45, 2.75) is 6.92 Å². The zero-order valence-electron chi connectivity index (χ0n) is 9.90. The van der Waals surface area contributed by atoms with Gasteiger partial charge in [-0.15, -0.1) is 0 Å². The van der Waals surface area contributed by atoms with Crippen LogP contribution in [0.4, 0.5) is 5.69 Å². The predicted molar refractivity (Wildman–Crippen MR) is 72.4 cm³/mol. The highest BCUT2D eigenvalue weighted by atomic mass is 79.9. The third-order valence-electron chi connectivity index (χ3n) is 2.53. The normalized spacial score (nSPS) is 10.2.